The molecule has 0 saturated heterocycles. The first-order valence-electron chi connectivity index (χ1n) is 8.60. The second-order valence-corrected chi connectivity index (χ2v) is 6.53. The number of alkyl halides is 3. The average Bonchev–Trinajstić information content (AvgIpc) is 3.11. The smallest absolute Gasteiger partial charge is 0.338 e. The van der Waals surface area contributed by atoms with Crippen LogP contribution in [0.3, 0.4) is 0 Å². The summed E-state index contributed by atoms with van der Waals surface area (Å²) in [6.07, 6.45) is -4.40. The highest BCUT2D eigenvalue weighted by molar-refractivity contribution is 5.94. The van der Waals surface area contributed by atoms with Gasteiger partial charge in [0.2, 0.25) is 0 Å². The number of hydrogen-bond acceptors (Lipinski definition) is 2. The normalized spacial score (nSPS) is 11.7. The number of benzene rings is 3. The second-order valence-electron chi connectivity index (χ2n) is 6.53. The van der Waals surface area contributed by atoms with Crippen molar-refractivity contribution in [2.75, 3.05) is 0 Å². The third-order valence-corrected chi connectivity index (χ3v) is 4.59. The lowest BCUT2D eigenvalue weighted by atomic mass is 10.0. The molecule has 0 unspecified atom stereocenters. The lowest BCUT2D eigenvalue weighted by Crippen LogP contribution is -2.04. The fourth-order valence-corrected chi connectivity index (χ4v) is 3.04. The molecule has 0 aliphatic rings. The molecule has 0 atom stereocenters. The molecule has 28 heavy (non-hydrogen) atoms. The van der Waals surface area contributed by atoms with Crippen molar-refractivity contribution in [3.8, 4) is 22.5 Å². The third kappa shape index (κ3) is 3.41. The molecule has 0 radical (unpaired) electrons. The molecule has 140 valence electrons. The van der Waals surface area contributed by atoms with Crippen LogP contribution in [0.2, 0.25) is 0 Å². The minimum absolute atomic E-state index is 0.0143. The summed E-state index contributed by atoms with van der Waals surface area (Å²) < 4.78 is 38.6. The van der Waals surface area contributed by atoms with Crippen molar-refractivity contribution in [2.45, 2.75) is 13.1 Å². The van der Waals surface area contributed by atoms with Gasteiger partial charge in [-0.15, -0.1) is 0 Å². The maximum Gasteiger partial charge on any atom is 0.416 e. The van der Waals surface area contributed by atoms with Crippen molar-refractivity contribution >= 4 is 16.8 Å². The maximum absolute atomic E-state index is 12.9. The number of aromatic amines is 1. The zero-order valence-corrected chi connectivity index (χ0v) is 14.8. The van der Waals surface area contributed by atoms with Crippen LogP contribution < -0.4 is 0 Å². The third-order valence-electron chi connectivity index (χ3n) is 4.59. The first-order chi connectivity index (χ1) is 13.3. The van der Waals surface area contributed by atoms with Crippen LogP contribution in [-0.4, -0.2) is 15.8 Å². The second kappa shape index (κ2) is 6.64. The first kappa shape index (κ1) is 18.0. The number of ketones is 1. The fourth-order valence-electron chi connectivity index (χ4n) is 3.04. The van der Waals surface area contributed by atoms with Crippen molar-refractivity contribution in [2.24, 2.45) is 0 Å². The molecule has 0 fully saturated rings. The number of H-pyrrole nitrogens is 1. The molecular weight excluding hydrogens is 365 g/mol. The topological polar surface area (TPSA) is 45.8 Å². The van der Waals surface area contributed by atoms with Gasteiger partial charge in [0.1, 0.15) is 5.82 Å². The van der Waals surface area contributed by atoms with E-state index in [9.17, 15) is 18.0 Å². The van der Waals surface area contributed by atoms with Crippen LogP contribution in [0.5, 0.6) is 0 Å². The van der Waals surface area contributed by atoms with Gasteiger partial charge in [-0.2, -0.15) is 13.2 Å². The summed E-state index contributed by atoms with van der Waals surface area (Å²) in [7, 11) is 0. The lowest BCUT2D eigenvalue weighted by Gasteiger charge is -2.04. The molecule has 0 bridgehead atoms. The monoisotopic (exact) mass is 380 g/mol. The number of aromatic nitrogens is 2. The van der Waals surface area contributed by atoms with Crippen molar-refractivity contribution in [3.05, 3.63) is 77.9 Å². The number of nitrogens with zero attached hydrogens (tertiary/aromatic N) is 1. The summed E-state index contributed by atoms with van der Waals surface area (Å²) in [5, 5.41) is 0. The molecular formula is C22H15F3N2O. The Kier molecular flexibility index (Phi) is 4.26. The molecule has 1 heterocycles. The van der Waals surface area contributed by atoms with E-state index in [2.05, 4.69) is 9.97 Å². The van der Waals surface area contributed by atoms with Crippen molar-refractivity contribution in [1.82, 2.24) is 9.97 Å². The van der Waals surface area contributed by atoms with Crippen molar-refractivity contribution in [1.29, 1.82) is 0 Å². The molecule has 3 nitrogen and oxygen atoms in total. The largest absolute Gasteiger partial charge is 0.416 e. The summed E-state index contributed by atoms with van der Waals surface area (Å²) in [5.74, 6) is 0.522. The Morgan fingerprint density at radius 3 is 2.00 bits per heavy atom. The number of fused-ring (bicyclic) bond motifs is 1. The minimum Gasteiger partial charge on any atom is -0.338 e. The number of imidazole rings is 1. The summed E-state index contributed by atoms with van der Waals surface area (Å²) in [6.45, 7) is 1.52. The molecule has 1 N–H and O–H groups in total. The Morgan fingerprint density at radius 1 is 0.857 bits per heavy atom. The molecule has 0 aliphatic carbocycles. The van der Waals surface area contributed by atoms with Crippen LogP contribution in [0, 0.1) is 0 Å². The van der Waals surface area contributed by atoms with Gasteiger partial charge in [-0.1, -0.05) is 48.5 Å². The van der Waals surface area contributed by atoms with Gasteiger partial charge in [-0.25, -0.2) is 4.98 Å². The van der Waals surface area contributed by atoms with E-state index >= 15 is 0 Å². The number of halogens is 3. The van der Waals surface area contributed by atoms with Gasteiger partial charge in [0.25, 0.3) is 0 Å². The van der Waals surface area contributed by atoms with Crippen LogP contribution in [-0.2, 0) is 6.18 Å². The van der Waals surface area contributed by atoms with Gasteiger partial charge in [0.05, 0.1) is 16.6 Å². The maximum atomic E-state index is 12.9. The Morgan fingerprint density at radius 2 is 1.43 bits per heavy atom. The van der Waals surface area contributed by atoms with Crippen molar-refractivity contribution in [3.63, 3.8) is 0 Å². The Hall–Kier alpha value is -3.41. The quantitative estimate of drug-likeness (QED) is 0.435. The van der Waals surface area contributed by atoms with Gasteiger partial charge >= 0.3 is 6.18 Å². The van der Waals surface area contributed by atoms with Gasteiger partial charge < -0.3 is 4.98 Å². The van der Waals surface area contributed by atoms with Gasteiger partial charge in [0, 0.05) is 11.1 Å². The van der Waals surface area contributed by atoms with E-state index in [1.807, 2.05) is 36.4 Å². The zero-order chi connectivity index (χ0) is 19.9. The molecule has 0 amide bonds. The summed E-state index contributed by atoms with van der Waals surface area (Å²) >= 11 is 0. The van der Waals surface area contributed by atoms with Gasteiger partial charge in [0.15, 0.2) is 5.78 Å². The molecule has 3 aromatic carbocycles. The number of carbonyl (C=O) groups is 1. The van der Waals surface area contributed by atoms with Crippen LogP contribution in [0.1, 0.15) is 22.8 Å². The number of rotatable bonds is 3. The number of Topliss-reactive ketones (excluding diaryl/α,β-unsaturated/α-hetero) is 1. The summed E-state index contributed by atoms with van der Waals surface area (Å²) in [4.78, 5) is 18.7. The van der Waals surface area contributed by atoms with E-state index in [1.54, 1.807) is 12.1 Å². The first-order valence-corrected chi connectivity index (χ1v) is 8.60. The zero-order valence-electron chi connectivity index (χ0n) is 14.8. The predicted octanol–water partition coefficient (Wildman–Crippen LogP) is 6.12. The molecule has 0 aliphatic heterocycles. The van der Waals surface area contributed by atoms with E-state index in [4.69, 9.17) is 0 Å². The average molecular weight is 380 g/mol. The van der Waals surface area contributed by atoms with E-state index in [1.165, 1.54) is 13.0 Å². The molecule has 0 spiro atoms. The summed E-state index contributed by atoms with van der Waals surface area (Å²) in [6, 6.07) is 18.3. The molecule has 4 aromatic rings. The van der Waals surface area contributed by atoms with Gasteiger partial charge in [-0.3, -0.25) is 4.79 Å². The fraction of sp³-hybridized carbons (Fsp3) is 0.0909. The van der Waals surface area contributed by atoms with E-state index in [0.29, 0.717) is 16.9 Å². The van der Waals surface area contributed by atoms with Crippen LogP contribution in [0.4, 0.5) is 13.2 Å². The molecule has 6 heteroatoms. The standard InChI is InChI=1S/C22H15F3N2O/c1-13(28)14-2-4-15(5-3-14)16-6-8-17(9-7-16)21-26-19-11-10-18(22(23,24)25)12-20(19)27-21/h2-12H,1H3,(H,26,27). The van der Waals surface area contributed by atoms with Crippen molar-refractivity contribution < 1.29 is 18.0 Å². The lowest BCUT2D eigenvalue weighted by molar-refractivity contribution is -0.137. The summed E-state index contributed by atoms with van der Waals surface area (Å²) in [5.41, 5.74) is 3.46. The Bertz CT molecular complexity index is 1160. The highest BCUT2D eigenvalue weighted by Gasteiger charge is 2.30. The van der Waals surface area contributed by atoms with Crippen LogP contribution in [0.25, 0.3) is 33.5 Å². The highest BCUT2D eigenvalue weighted by Crippen LogP contribution is 2.32. The minimum atomic E-state index is -4.40. The van der Waals surface area contributed by atoms with E-state index in [0.717, 1.165) is 28.8 Å². The Labute approximate surface area is 158 Å². The van der Waals surface area contributed by atoms with Crippen LogP contribution in [0.15, 0.2) is 66.7 Å². The van der Waals surface area contributed by atoms with Gasteiger partial charge in [-0.05, 0) is 36.2 Å². The Balaban J connectivity index is 1.64. The highest BCUT2D eigenvalue weighted by atomic mass is 19.4. The van der Waals surface area contributed by atoms with E-state index < -0.39 is 11.7 Å². The van der Waals surface area contributed by atoms with E-state index in [-0.39, 0.29) is 11.3 Å². The SMILES string of the molecule is CC(=O)c1ccc(-c2ccc(-c3nc4cc(C(F)(F)F)ccc4[nH]3)cc2)cc1. The van der Waals surface area contributed by atoms with Crippen LogP contribution >= 0.6 is 0 Å². The predicted molar refractivity (Wildman–Crippen MR) is 102 cm³/mol. The number of carbonyl (C=O) groups excluding carboxylic acids is 1. The number of nitrogens with one attached hydrogen (secondary N) is 1. The molecule has 4 rings (SSSR count). The molecule has 1 aromatic heterocycles. The number of hydrogen-bond donors (Lipinski definition) is 1. The molecule has 0 saturated carbocycles.